The van der Waals surface area contributed by atoms with Crippen molar-refractivity contribution in [3.8, 4) is 0 Å². The third kappa shape index (κ3) is 3.70. The molecule has 2 aromatic rings. The van der Waals surface area contributed by atoms with E-state index in [1.54, 1.807) is 29.5 Å². The van der Waals surface area contributed by atoms with Gasteiger partial charge in [-0.1, -0.05) is 23.2 Å². The molecular weight excluding hydrogens is 428 g/mol. The fourth-order valence-corrected chi connectivity index (χ4v) is 2.97. The smallest absolute Gasteiger partial charge is 0.270 e. The Hall–Kier alpha value is -0.800. The van der Waals surface area contributed by atoms with Gasteiger partial charge in [-0.3, -0.25) is 14.2 Å². The lowest BCUT2D eigenvalue weighted by Crippen LogP contribution is -2.28. The molecule has 2 rings (SSSR count). The number of amides is 1. The Kier molecular flexibility index (Phi) is 5.50. The van der Waals surface area contributed by atoms with Gasteiger partial charge >= 0.3 is 0 Å². The lowest BCUT2D eigenvalue weighted by atomic mass is 10.3. The van der Waals surface area contributed by atoms with Gasteiger partial charge in [-0.15, -0.1) is 0 Å². The topological polar surface area (TPSA) is 64.7 Å². The molecular formula is C12H14Cl2IN5O. The molecule has 0 saturated carbocycles. The molecule has 0 saturated heterocycles. The van der Waals surface area contributed by atoms with Crippen LogP contribution in [0.15, 0.2) is 6.20 Å². The highest BCUT2D eigenvalue weighted by molar-refractivity contribution is 14.1. The summed E-state index contributed by atoms with van der Waals surface area (Å²) in [5, 5.41) is 12.0. The van der Waals surface area contributed by atoms with Gasteiger partial charge in [-0.25, -0.2) is 0 Å². The van der Waals surface area contributed by atoms with E-state index in [-0.39, 0.29) is 5.91 Å². The van der Waals surface area contributed by atoms with Gasteiger partial charge in [0.2, 0.25) is 0 Å². The Bertz CT molecular complexity index is 647. The standard InChI is InChI=1S/C12H14Cl2IN5O/c1-7-9(13)11(14)20(18-7)5-3-4-16-12(21)10-8(15)6-17-19(10)2/h6H,3-5H2,1-2H3,(H,16,21). The van der Waals surface area contributed by atoms with Gasteiger partial charge in [0.15, 0.2) is 0 Å². The van der Waals surface area contributed by atoms with Crippen LogP contribution in [0, 0.1) is 10.5 Å². The van der Waals surface area contributed by atoms with E-state index in [1.807, 2.05) is 0 Å². The van der Waals surface area contributed by atoms with E-state index >= 15 is 0 Å². The highest BCUT2D eigenvalue weighted by Gasteiger charge is 2.15. The fraction of sp³-hybridized carbons (Fsp3) is 0.417. The van der Waals surface area contributed by atoms with Crippen LogP contribution in [0.4, 0.5) is 0 Å². The number of aromatic nitrogens is 4. The van der Waals surface area contributed by atoms with Crippen molar-refractivity contribution in [3.05, 3.63) is 31.3 Å². The summed E-state index contributed by atoms with van der Waals surface area (Å²) in [6.07, 6.45) is 2.36. The molecule has 1 amide bonds. The van der Waals surface area contributed by atoms with Crippen molar-refractivity contribution in [3.63, 3.8) is 0 Å². The third-order valence-corrected chi connectivity index (χ3v) is 4.66. The van der Waals surface area contributed by atoms with E-state index in [2.05, 4.69) is 38.1 Å². The first-order valence-corrected chi connectivity index (χ1v) is 8.09. The maximum absolute atomic E-state index is 12.0. The molecule has 0 bridgehead atoms. The third-order valence-electron chi connectivity index (χ3n) is 2.94. The second-order valence-electron chi connectivity index (χ2n) is 4.49. The van der Waals surface area contributed by atoms with E-state index in [9.17, 15) is 4.79 Å². The quantitative estimate of drug-likeness (QED) is 0.573. The predicted molar refractivity (Wildman–Crippen MR) is 89.9 cm³/mol. The van der Waals surface area contributed by atoms with Crippen molar-refractivity contribution < 1.29 is 4.79 Å². The largest absolute Gasteiger partial charge is 0.351 e. The molecule has 0 aliphatic carbocycles. The first kappa shape index (κ1) is 16.6. The molecule has 2 heterocycles. The van der Waals surface area contributed by atoms with E-state index in [0.717, 1.165) is 3.57 Å². The molecule has 0 aromatic carbocycles. The lowest BCUT2D eigenvalue weighted by Gasteiger charge is -2.07. The summed E-state index contributed by atoms with van der Waals surface area (Å²) >= 11 is 14.1. The molecule has 21 heavy (non-hydrogen) atoms. The Morgan fingerprint density at radius 3 is 2.71 bits per heavy atom. The average molecular weight is 442 g/mol. The van der Waals surface area contributed by atoms with E-state index < -0.39 is 0 Å². The minimum atomic E-state index is -0.139. The fourth-order valence-electron chi connectivity index (χ4n) is 1.86. The van der Waals surface area contributed by atoms with E-state index in [1.165, 1.54) is 0 Å². The van der Waals surface area contributed by atoms with Gasteiger partial charge in [0.05, 0.1) is 15.5 Å². The first-order valence-electron chi connectivity index (χ1n) is 6.26. The van der Waals surface area contributed by atoms with E-state index in [4.69, 9.17) is 23.2 Å². The van der Waals surface area contributed by atoms with Gasteiger partial charge in [-0.2, -0.15) is 10.2 Å². The van der Waals surface area contributed by atoms with Crippen molar-refractivity contribution in [1.29, 1.82) is 0 Å². The SMILES string of the molecule is Cc1nn(CCCNC(=O)c2c(I)cnn2C)c(Cl)c1Cl. The second kappa shape index (κ2) is 6.97. The first-order chi connectivity index (χ1) is 9.91. The normalized spacial score (nSPS) is 10.9. The molecule has 1 N–H and O–H groups in total. The maximum atomic E-state index is 12.0. The van der Waals surface area contributed by atoms with Crippen molar-refractivity contribution in [2.24, 2.45) is 7.05 Å². The van der Waals surface area contributed by atoms with Crippen LogP contribution in [-0.4, -0.2) is 32.0 Å². The summed E-state index contributed by atoms with van der Waals surface area (Å²) in [7, 11) is 1.74. The van der Waals surface area contributed by atoms with Crippen LogP contribution in [-0.2, 0) is 13.6 Å². The molecule has 114 valence electrons. The van der Waals surface area contributed by atoms with Crippen LogP contribution >= 0.6 is 45.8 Å². The van der Waals surface area contributed by atoms with Gasteiger partial charge in [0.1, 0.15) is 15.9 Å². The van der Waals surface area contributed by atoms with Crippen molar-refractivity contribution in [1.82, 2.24) is 24.9 Å². The Morgan fingerprint density at radius 2 is 2.19 bits per heavy atom. The van der Waals surface area contributed by atoms with Crippen LogP contribution < -0.4 is 5.32 Å². The number of halogens is 3. The molecule has 0 spiro atoms. The van der Waals surface area contributed by atoms with Crippen LogP contribution in [0.5, 0.6) is 0 Å². The Morgan fingerprint density at radius 1 is 1.48 bits per heavy atom. The van der Waals surface area contributed by atoms with Crippen molar-refractivity contribution in [2.75, 3.05) is 6.54 Å². The number of rotatable bonds is 5. The summed E-state index contributed by atoms with van der Waals surface area (Å²) in [6, 6.07) is 0. The summed E-state index contributed by atoms with van der Waals surface area (Å²) in [5.41, 5.74) is 1.27. The highest BCUT2D eigenvalue weighted by atomic mass is 127. The minimum absolute atomic E-state index is 0.139. The molecule has 9 heteroatoms. The zero-order chi connectivity index (χ0) is 15.6. The molecule has 6 nitrogen and oxygen atoms in total. The maximum Gasteiger partial charge on any atom is 0.270 e. The van der Waals surface area contributed by atoms with Crippen LogP contribution in [0.3, 0.4) is 0 Å². The molecule has 0 aliphatic rings. The average Bonchev–Trinajstić information content (AvgIpc) is 2.90. The van der Waals surface area contributed by atoms with Gasteiger partial charge in [0.25, 0.3) is 5.91 Å². The number of hydrogen-bond donors (Lipinski definition) is 1. The highest BCUT2D eigenvalue weighted by Crippen LogP contribution is 2.24. The monoisotopic (exact) mass is 441 g/mol. The zero-order valence-corrected chi connectivity index (χ0v) is 15.2. The molecule has 0 unspecified atom stereocenters. The molecule has 0 fully saturated rings. The summed E-state index contributed by atoms with van der Waals surface area (Å²) in [4.78, 5) is 12.0. The Balaban J connectivity index is 1.85. The minimum Gasteiger partial charge on any atom is -0.351 e. The molecule has 0 aliphatic heterocycles. The summed E-state index contributed by atoms with van der Waals surface area (Å²) in [5.74, 6) is -0.139. The van der Waals surface area contributed by atoms with E-state index in [0.29, 0.717) is 41.1 Å². The van der Waals surface area contributed by atoms with Gasteiger partial charge in [0, 0.05) is 20.1 Å². The summed E-state index contributed by atoms with van der Waals surface area (Å²) in [6.45, 7) is 2.92. The van der Waals surface area contributed by atoms with Gasteiger partial charge in [-0.05, 0) is 35.9 Å². The number of carbonyl (C=O) groups is 1. The number of carbonyl (C=O) groups excluding carboxylic acids is 1. The van der Waals surface area contributed by atoms with Crippen molar-refractivity contribution >= 4 is 51.7 Å². The van der Waals surface area contributed by atoms with Crippen LogP contribution in [0.25, 0.3) is 0 Å². The molecule has 0 radical (unpaired) electrons. The second-order valence-corrected chi connectivity index (χ2v) is 6.39. The number of hydrogen-bond acceptors (Lipinski definition) is 3. The van der Waals surface area contributed by atoms with Gasteiger partial charge < -0.3 is 5.32 Å². The molecule has 0 atom stereocenters. The number of nitrogens with zero attached hydrogens (tertiary/aromatic N) is 4. The van der Waals surface area contributed by atoms with Crippen molar-refractivity contribution in [2.45, 2.75) is 19.9 Å². The van der Waals surface area contributed by atoms with Crippen LogP contribution in [0.2, 0.25) is 10.2 Å². The van der Waals surface area contributed by atoms with Crippen LogP contribution in [0.1, 0.15) is 22.6 Å². The zero-order valence-electron chi connectivity index (χ0n) is 11.5. The number of nitrogens with one attached hydrogen (secondary N) is 1. The lowest BCUT2D eigenvalue weighted by molar-refractivity contribution is 0.0942. The number of aryl methyl sites for hydroxylation is 3. The Labute approximate surface area is 145 Å². The predicted octanol–water partition coefficient (Wildman–Crippen LogP) is 2.66. The summed E-state index contributed by atoms with van der Waals surface area (Å²) < 4.78 is 4.02. The molecule has 2 aromatic heterocycles.